The lowest BCUT2D eigenvalue weighted by atomic mass is 10.2. The molecule has 0 unspecified atom stereocenters. The normalized spacial score (nSPS) is 11.7. The maximum absolute atomic E-state index is 13.5. The Hall–Kier alpha value is -2.09. The quantitative estimate of drug-likeness (QED) is 0.388. The first kappa shape index (κ1) is 14.3. The number of hydrogen-bond donors (Lipinski definition) is 2. The molecular formula is C12H12BrFN4O2. The van der Waals surface area contributed by atoms with Gasteiger partial charge in [-0.2, -0.15) is 5.10 Å². The van der Waals surface area contributed by atoms with Gasteiger partial charge >= 0.3 is 0 Å². The van der Waals surface area contributed by atoms with Crippen molar-refractivity contribution < 1.29 is 14.3 Å². The summed E-state index contributed by atoms with van der Waals surface area (Å²) in [4.78, 5) is 0. The first-order valence-corrected chi connectivity index (χ1v) is 6.37. The number of rotatable bonds is 3. The van der Waals surface area contributed by atoms with E-state index in [0.29, 0.717) is 15.7 Å². The predicted molar refractivity (Wildman–Crippen MR) is 74.6 cm³/mol. The van der Waals surface area contributed by atoms with E-state index in [4.69, 9.17) is 15.7 Å². The highest BCUT2D eigenvalue weighted by Gasteiger charge is 2.19. The standard InChI is InChI=1S/C12H12BrFN4O2/c1-6-10(11(15)17-19)12(18(2)16-6)20-7-3-4-8(13)9(14)5-7/h3-5,19H,1-2H3,(H2,15,17). The van der Waals surface area contributed by atoms with Gasteiger partial charge in [0.2, 0.25) is 5.88 Å². The first-order chi connectivity index (χ1) is 9.43. The maximum Gasteiger partial charge on any atom is 0.229 e. The van der Waals surface area contributed by atoms with Crippen LogP contribution in [-0.2, 0) is 7.05 Å². The number of aromatic nitrogens is 2. The van der Waals surface area contributed by atoms with Gasteiger partial charge in [0.25, 0.3) is 0 Å². The summed E-state index contributed by atoms with van der Waals surface area (Å²) < 4.78 is 20.8. The molecule has 0 saturated carbocycles. The van der Waals surface area contributed by atoms with Crippen LogP contribution in [0, 0.1) is 12.7 Å². The van der Waals surface area contributed by atoms with Gasteiger partial charge in [-0.1, -0.05) is 5.16 Å². The molecule has 0 aliphatic carbocycles. The molecule has 2 aromatic rings. The highest BCUT2D eigenvalue weighted by molar-refractivity contribution is 9.10. The number of halogens is 2. The lowest BCUT2D eigenvalue weighted by Gasteiger charge is -2.08. The van der Waals surface area contributed by atoms with Crippen molar-refractivity contribution in [1.82, 2.24) is 9.78 Å². The number of aryl methyl sites for hydroxylation is 2. The van der Waals surface area contributed by atoms with E-state index in [1.807, 2.05) is 0 Å². The van der Waals surface area contributed by atoms with Gasteiger partial charge in [-0.3, -0.25) is 0 Å². The summed E-state index contributed by atoms with van der Waals surface area (Å²) >= 11 is 3.06. The van der Waals surface area contributed by atoms with Gasteiger partial charge in [0.1, 0.15) is 17.1 Å². The molecule has 0 saturated heterocycles. The van der Waals surface area contributed by atoms with Crippen LogP contribution in [0.3, 0.4) is 0 Å². The zero-order chi connectivity index (χ0) is 14.9. The zero-order valence-corrected chi connectivity index (χ0v) is 12.3. The van der Waals surface area contributed by atoms with E-state index in [-0.39, 0.29) is 17.5 Å². The van der Waals surface area contributed by atoms with Gasteiger partial charge in [0.15, 0.2) is 5.84 Å². The fraction of sp³-hybridized carbons (Fsp3) is 0.167. The lowest BCUT2D eigenvalue weighted by Crippen LogP contribution is -2.15. The van der Waals surface area contributed by atoms with E-state index in [1.54, 1.807) is 20.0 Å². The molecule has 0 amide bonds. The second kappa shape index (κ2) is 5.49. The third-order valence-corrected chi connectivity index (χ3v) is 3.28. The van der Waals surface area contributed by atoms with Crippen LogP contribution < -0.4 is 10.5 Å². The summed E-state index contributed by atoms with van der Waals surface area (Å²) in [5, 5.41) is 15.9. The van der Waals surface area contributed by atoms with Crippen molar-refractivity contribution in [2.75, 3.05) is 0 Å². The van der Waals surface area contributed by atoms with Crippen molar-refractivity contribution in [1.29, 1.82) is 0 Å². The smallest absolute Gasteiger partial charge is 0.229 e. The third-order valence-electron chi connectivity index (χ3n) is 2.64. The third kappa shape index (κ3) is 2.60. The molecule has 1 aromatic carbocycles. The Morgan fingerprint density at radius 1 is 1.55 bits per heavy atom. The van der Waals surface area contributed by atoms with Crippen molar-refractivity contribution >= 4 is 21.8 Å². The second-order valence-corrected chi connectivity index (χ2v) is 4.91. The fourth-order valence-corrected chi connectivity index (χ4v) is 2.00. The molecule has 0 aliphatic heterocycles. The van der Waals surface area contributed by atoms with E-state index in [9.17, 15) is 4.39 Å². The summed E-state index contributed by atoms with van der Waals surface area (Å²) in [5.74, 6) is -0.0323. The maximum atomic E-state index is 13.5. The van der Waals surface area contributed by atoms with E-state index >= 15 is 0 Å². The molecule has 2 rings (SSSR count). The average molecular weight is 343 g/mol. The summed E-state index contributed by atoms with van der Waals surface area (Å²) in [6.45, 7) is 1.70. The van der Waals surface area contributed by atoms with Crippen LogP contribution >= 0.6 is 15.9 Å². The number of nitrogens with two attached hydrogens (primary N) is 1. The predicted octanol–water partition coefficient (Wildman–Crippen LogP) is 2.52. The van der Waals surface area contributed by atoms with Crippen molar-refractivity contribution in [3.05, 3.63) is 39.7 Å². The molecule has 0 aliphatic rings. The minimum atomic E-state index is -0.452. The summed E-state index contributed by atoms with van der Waals surface area (Å²) in [6, 6.07) is 4.34. The van der Waals surface area contributed by atoms with E-state index in [1.165, 1.54) is 16.8 Å². The van der Waals surface area contributed by atoms with Crippen LogP contribution in [0.15, 0.2) is 27.8 Å². The van der Waals surface area contributed by atoms with E-state index < -0.39 is 5.82 Å². The van der Waals surface area contributed by atoms with Gasteiger partial charge < -0.3 is 15.7 Å². The Labute approximate surface area is 122 Å². The van der Waals surface area contributed by atoms with Gasteiger partial charge in [0.05, 0.1) is 10.2 Å². The molecule has 0 radical (unpaired) electrons. The minimum absolute atomic E-state index is 0.122. The minimum Gasteiger partial charge on any atom is -0.438 e. The Bertz CT molecular complexity index is 684. The fourth-order valence-electron chi connectivity index (χ4n) is 1.75. The number of hydrogen-bond acceptors (Lipinski definition) is 4. The van der Waals surface area contributed by atoms with Crippen molar-refractivity contribution in [3.63, 3.8) is 0 Å². The molecule has 0 atom stereocenters. The van der Waals surface area contributed by atoms with Crippen LogP contribution in [0.2, 0.25) is 0 Å². The summed E-state index contributed by atoms with van der Waals surface area (Å²) in [7, 11) is 1.64. The highest BCUT2D eigenvalue weighted by atomic mass is 79.9. The van der Waals surface area contributed by atoms with E-state index in [0.717, 1.165) is 0 Å². The van der Waals surface area contributed by atoms with Crippen molar-refractivity contribution in [2.45, 2.75) is 6.92 Å². The monoisotopic (exact) mass is 342 g/mol. The Morgan fingerprint density at radius 2 is 2.25 bits per heavy atom. The van der Waals surface area contributed by atoms with Crippen LogP contribution in [0.1, 0.15) is 11.3 Å². The Kier molecular flexibility index (Phi) is 3.93. The van der Waals surface area contributed by atoms with Gasteiger partial charge in [-0.25, -0.2) is 9.07 Å². The number of ether oxygens (including phenoxy) is 1. The number of amidine groups is 1. The van der Waals surface area contributed by atoms with Gasteiger partial charge in [-0.05, 0) is 35.0 Å². The van der Waals surface area contributed by atoms with Crippen LogP contribution in [0.4, 0.5) is 4.39 Å². The van der Waals surface area contributed by atoms with Crippen molar-refractivity contribution in [3.8, 4) is 11.6 Å². The summed E-state index contributed by atoms with van der Waals surface area (Å²) in [5.41, 5.74) is 6.50. The topological polar surface area (TPSA) is 85.7 Å². The first-order valence-electron chi connectivity index (χ1n) is 5.58. The van der Waals surface area contributed by atoms with Crippen LogP contribution in [0.5, 0.6) is 11.6 Å². The molecular weight excluding hydrogens is 331 g/mol. The molecule has 3 N–H and O–H groups in total. The molecule has 1 aromatic heterocycles. The number of oxime groups is 1. The molecule has 106 valence electrons. The van der Waals surface area contributed by atoms with Crippen LogP contribution in [0.25, 0.3) is 0 Å². The van der Waals surface area contributed by atoms with Gasteiger partial charge in [0, 0.05) is 13.1 Å². The summed E-state index contributed by atoms with van der Waals surface area (Å²) in [6.07, 6.45) is 0. The molecule has 8 heteroatoms. The Balaban J connectivity index is 2.45. The zero-order valence-electron chi connectivity index (χ0n) is 10.8. The lowest BCUT2D eigenvalue weighted by molar-refractivity contribution is 0.318. The molecule has 6 nitrogen and oxygen atoms in total. The van der Waals surface area contributed by atoms with E-state index in [2.05, 4.69) is 26.2 Å². The molecule has 1 heterocycles. The number of nitrogens with zero attached hydrogens (tertiary/aromatic N) is 3. The molecule has 20 heavy (non-hydrogen) atoms. The number of benzene rings is 1. The average Bonchev–Trinajstić information content (AvgIpc) is 2.68. The van der Waals surface area contributed by atoms with Gasteiger partial charge in [-0.15, -0.1) is 0 Å². The molecule has 0 bridgehead atoms. The molecule has 0 fully saturated rings. The SMILES string of the molecule is Cc1nn(C)c(Oc2ccc(Br)c(F)c2)c1C(N)=NO. The largest absolute Gasteiger partial charge is 0.438 e. The second-order valence-electron chi connectivity index (χ2n) is 4.05. The van der Waals surface area contributed by atoms with Crippen molar-refractivity contribution in [2.24, 2.45) is 17.9 Å². The highest BCUT2D eigenvalue weighted by Crippen LogP contribution is 2.29. The Morgan fingerprint density at radius 3 is 2.85 bits per heavy atom. The molecule has 0 spiro atoms. The van der Waals surface area contributed by atoms with Crippen LogP contribution in [-0.4, -0.2) is 20.8 Å².